The summed E-state index contributed by atoms with van der Waals surface area (Å²) >= 11 is 3.42. The van der Waals surface area contributed by atoms with Gasteiger partial charge in [0.25, 0.3) is 0 Å². The molecule has 0 aromatic heterocycles. The van der Waals surface area contributed by atoms with Gasteiger partial charge >= 0.3 is 12.2 Å². The van der Waals surface area contributed by atoms with E-state index in [0.717, 1.165) is 16.7 Å². The second kappa shape index (κ2) is 12.9. The van der Waals surface area contributed by atoms with Crippen molar-refractivity contribution in [1.82, 2.24) is 10.2 Å². The molecule has 0 spiro atoms. The van der Waals surface area contributed by atoms with Crippen molar-refractivity contribution in [3.05, 3.63) is 108 Å². The molecule has 3 amide bonds. The van der Waals surface area contributed by atoms with Gasteiger partial charge in [0.1, 0.15) is 6.61 Å². The minimum atomic E-state index is -1.18. The number of alkyl halides is 1. The maximum Gasteiger partial charge on any atom is 0.418 e. The highest BCUT2D eigenvalue weighted by atomic mass is 79.9. The highest BCUT2D eigenvalue weighted by Crippen LogP contribution is 2.47. The number of hydrogen-bond donors (Lipinski definition) is 1. The average molecular weight is 594 g/mol. The van der Waals surface area contributed by atoms with Crippen LogP contribution in [0.25, 0.3) is 0 Å². The Hall–Kier alpha value is -3.65. The Labute approximate surface area is 237 Å². The lowest BCUT2D eigenvalue weighted by molar-refractivity contribution is -0.134. The van der Waals surface area contributed by atoms with Crippen molar-refractivity contribution >= 4 is 34.0 Å². The third-order valence-electron chi connectivity index (χ3n) is 6.93. The molecule has 1 heterocycles. The Morgan fingerprint density at radius 2 is 1.49 bits per heavy atom. The molecule has 1 aliphatic heterocycles. The fraction of sp³-hybridized carbons (Fsp3) is 0.323. The number of carbonyl (C=O) groups excluding carboxylic acids is 3. The van der Waals surface area contributed by atoms with E-state index in [0.29, 0.717) is 11.8 Å². The fourth-order valence-corrected chi connectivity index (χ4v) is 5.71. The molecule has 0 saturated carbocycles. The highest BCUT2D eigenvalue weighted by molar-refractivity contribution is 9.09. The second-order valence-corrected chi connectivity index (χ2v) is 10.6. The van der Waals surface area contributed by atoms with Gasteiger partial charge in [-0.25, -0.2) is 14.5 Å². The predicted octanol–water partition coefficient (Wildman–Crippen LogP) is 6.26. The summed E-state index contributed by atoms with van der Waals surface area (Å²) in [6.45, 7) is 4.10. The van der Waals surface area contributed by atoms with E-state index in [1.165, 1.54) is 4.90 Å². The zero-order valence-electron chi connectivity index (χ0n) is 22.1. The topological polar surface area (TPSA) is 84.9 Å². The molecule has 3 aromatic rings. The van der Waals surface area contributed by atoms with Crippen LogP contribution in [0.3, 0.4) is 0 Å². The van der Waals surface area contributed by atoms with Gasteiger partial charge in [0, 0.05) is 23.0 Å². The van der Waals surface area contributed by atoms with Gasteiger partial charge in [-0.1, -0.05) is 121 Å². The molecule has 0 unspecified atom stereocenters. The SMILES string of the molecule is CC(C)[C@H]1N(C(=O)[C@@H](CCBr)CNC(=O)OCc2ccccc2)C(=O)OC1(c1ccccc1)c1ccccc1. The molecule has 3 aromatic carbocycles. The highest BCUT2D eigenvalue weighted by Gasteiger charge is 2.59. The monoisotopic (exact) mass is 592 g/mol. The summed E-state index contributed by atoms with van der Waals surface area (Å²) in [7, 11) is 0. The van der Waals surface area contributed by atoms with Crippen molar-refractivity contribution in [2.24, 2.45) is 11.8 Å². The first-order valence-electron chi connectivity index (χ1n) is 13.1. The third kappa shape index (κ3) is 6.17. The molecular weight excluding hydrogens is 560 g/mol. The fourth-order valence-electron chi connectivity index (χ4n) is 5.16. The summed E-state index contributed by atoms with van der Waals surface area (Å²) < 4.78 is 11.5. The predicted molar refractivity (Wildman–Crippen MR) is 152 cm³/mol. The van der Waals surface area contributed by atoms with Crippen LogP contribution in [-0.4, -0.2) is 40.9 Å². The first-order valence-corrected chi connectivity index (χ1v) is 14.2. The molecule has 8 heteroatoms. The van der Waals surface area contributed by atoms with Gasteiger partial charge in [0.15, 0.2) is 5.60 Å². The van der Waals surface area contributed by atoms with Crippen LogP contribution < -0.4 is 5.32 Å². The van der Waals surface area contributed by atoms with E-state index >= 15 is 0 Å². The Morgan fingerprint density at radius 1 is 0.949 bits per heavy atom. The van der Waals surface area contributed by atoms with Crippen molar-refractivity contribution in [3.63, 3.8) is 0 Å². The lowest BCUT2D eigenvalue weighted by atomic mass is 9.75. The number of ether oxygens (including phenoxy) is 2. The number of alkyl carbamates (subject to hydrolysis) is 1. The third-order valence-corrected chi connectivity index (χ3v) is 7.38. The minimum Gasteiger partial charge on any atom is -0.445 e. The molecule has 4 rings (SSSR count). The molecule has 0 radical (unpaired) electrons. The van der Waals surface area contributed by atoms with E-state index in [1.807, 2.05) is 105 Å². The molecule has 0 aliphatic carbocycles. The van der Waals surface area contributed by atoms with Crippen molar-refractivity contribution < 1.29 is 23.9 Å². The minimum absolute atomic E-state index is 0.0241. The summed E-state index contributed by atoms with van der Waals surface area (Å²) in [4.78, 5) is 41.2. The molecule has 1 aliphatic rings. The van der Waals surface area contributed by atoms with Crippen molar-refractivity contribution in [2.45, 2.75) is 38.5 Å². The number of rotatable bonds is 10. The van der Waals surface area contributed by atoms with E-state index in [2.05, 4.69) is 21.2 Å². The number of hydrogen-bond acceptors (Lipinski definition) is 5. The zero-order chi connectivity index (χ0) is 27.8. The van der Waals surface area contributed by atoms with E-state index in [9.17, 15) is 14.4 Å². The van der Waals surface area contributed by atoms with Gasteiger partial charge in [0.05, 0.1) is 12.0 Å². The summed E-state index contributed by atoms with van der Waals surface area (Å²) in [5, 5.41) is 3.22. The maximum atomic E-state index is 14.0. The molecule has 1 saturated heterocycles. The first-order chi connectivity index (χ1) is 18.9. The van der Waals surface area contributed by atoms with Crippen LogP contribution in [0.1, 0.15) is 37.0 Å². The van der Waals surface area contributed by atoms with Crippen LogP contribution in [0.2, 0.25) is 0 Å². The van der Waals surface area contributed by atoms with Gasteiger partial charge in [-0.2, -0.15) is 0 Å². The van der Waals surface area contributed by atoms with Gasteiger partial charge < -0.3 is 14.8 Å². The van der Waals surface area contributed by atoms with Crippen LogP contribution in [0.4, 0.5) is 9.59 Å². The molecule has 7 nitrogen and oxygen atoms in total. The molecule has 2 atom stereocenters. The van der Waals surface area contributed by atoms with Crippen molar-refractivity contribution in [2.75, 3.05) is 11.9 Å². The van der Waals surface area contributed by atoms with Crippen LogP contribution in [0.15, 0.2) is 91.0 Å². The maximum absolute atomic E-state index is 14.0. The van der Waals surface area contributed by atoms with Crippen molar-refractivity contribution in [1.29, 1.82) is 0 Å². The normalized spacial score (nSPS) is 17.0. The average Bonchev–Trinajstić information content (AvgIpc) is 3.29. The van der Waals surface area contributed by atoms with Crippen molar-refractivity contribution in [3.8, 4) is 0 Å². The largest absolute Gasteiger partial charge is 0.445 e. The molecule has 1 N–H and O–H groups in total. The molecule has 39 heavy (non-hydrogen) atoms. The Kier molecular flexibility index (Phi) is 9.41. The van der Waals surface area contributed by atoms with E-state index in [-0.39, 0.29) is 19.1 Å². The standard InChI is InChI=1S/C31H33BrN2O5/c1-22(2)27-31(25-14-8-4-9-15-25,26-16-10-5-11-17-26)39-30(37)34(27)28(35)24(18-19-32)20-33-29(36)38-21-23-12-6-3-7-13-23/h3-17,22,24,27H,18-21H2,1-2H3,(H,33,36)/t24-,27+/m0/s1. The number of nitrogens with zero attached hydrogens (tertiary/aromatic N) is 1. The van der Waals surface area contributed by atoms with Crippen LogP contribution in [-0.2, 0) is 26.5 Å². The number of benzene rings is 3. The van der Waals surface area contributed by atoms with Gasteiger partial charge in [0.2, 0.25) is 5.91 Å². The molecule has 204 valence electrons. The van der Waals surface area contributed by atoms with Crippen LogP contribution in [0, 0.1) is 11.8 Å². The quantitative estimate of drug-likeness (QED) is 0.281. The van der Waals surface area contributed by atoms with Gasteiger partial charge in [-0.05, 0) is 17.9 Å². The first kappa shape index (κ1) is 28.4. The number of halogens is 1. The number of nitrogens with one attached hydrogen (secondary N) is 1. The summed E-state index contributed by atoms with van der Waals surface area (Å²) in [5.41, 5.74) is 1.26. The second-order valence-electron chi connectivity index (χ2n) is 9.85. The number of imide groups is 1. The summed E-state index contributed by atoms with van der Waals surface area (Å²) in [6.07, 6.45) is -0.910. The summed E-state index contributed by atoms with van der Waals surface area (Å²) in [5.74, 6) is -1.19. The zero-order valence-corrected chi connectivity index (χ0v) is 23.7. The number of cyclic esters (lactones) is 1. The number of carbonyl (C=O) groups is 3. The lowest BCUT2D eigenvalue weighted by Crippen LogP contribution is -2.52. The molecular formula is C31H33BrN2O5. The Morgan fingerprint density at radius 3 is 2.00 bits per heavy atom. The van der Waals surface area contributed by atoms with Gasteiger partial charge in [-0.3, -0.25) is 4.79 Å². The van der Waals surface area contributed by atoms with Gasteiger partial charge in [-0.15, -0.1) is 0 Å². The van der Waals surface area contributed by atoms with E-state index in [4.69, 9.17) is 9.47 Å². The van der Waals surface area contributed by atoms with Crippen LogP contribution >= 0.6 is 15.9 Å². The van der Waals surface area contributed by atoms with E-state index in [1.54, 1.807) is 0 Å². The Balaban J connectivity index is 1.59. The lowest BCUT2D eigenvalue weighted by Gasteiger charge is -2.38. The Bertz CT molecular complexity index is 1210. The molecule has 0 bridgehead atoms. The smallest absolute Gasteiger partial charge is 0.418 e. The molecule has 1 fully saturated rings. The van der Waals surface area contributed by atoms with E-state index < -0.39 is 35.7 Å². The van der Waals surface area contributed by atoms with Crippen LogP contribution in [0.5, 0.6) is 0 Å². The summed E-state index contributed by atoms with van der Waals surface area (Å²) in [6, 6.07) is 27.8. The number of amides is 3.